The van der Waals surface area contributed by atoms with Gasteiger partial charge < -0.3 is 5.32 Å². The maximum absolute atomic E-state index is 13.7. The van der Waals surface area contributed by atoms with Crippen LogP contribution in [0.2, 0.25) is 5.02 Å². The maximum atomic E-state index is 13.7. The highest BCUT2D eigenvalue weighted by Gasteiger charge is 2.19. The van der Waals surface area contributed by atoms with Crippen molar-refractivity contribution in [3.05, 3.63) is 46.4 Å². The minimum Gasteiger partial charge on any atom is -0.305 e. The first-order chi connectivity index (χ1) is 9.29. The van der Waals surface area contributed by atoms with Crippen LogP contribution in [0.3, 0.4) is 0 Å². The molecule has 2 N–H and O–H groups in total. The van der Waals surface area contributed by atoms with Gasteiger partial charge in [-0.1, -0.05) is 38.4 Å². The van der Waals surface area contributed by atoms with E-state index in [2.05, 4.69) is 15.5 Å². The van der Waals surface area contributed by atoms with Crippen LogP contribution in [0.1, 0.15) is 36.8 Å². The highest BCUT2D eigenvalue weighted by Crippen LogP contribution is 2.23. The molecule has 0 aliphatic rings. The van der Waals surface area contributed by atoms with Crippen molar-refractivity contribution in [2.24, 2.45) is 0 Å². The molecule has 20 heavy (non-hydrogen) atoms. The third kappa shape index (κ3) is 2.99. The molecule has 1 aromatic heterocycles. The number of halogens is 2. The summed E-state index contributed by atoms with van der Waals surface area (Å²) in [7, 11) is 0. The molecule has 1 amide bonds. The first-order valence-corrected chi connectivity index (χ1v) is 6.48. The minimum atomic E-state index is -0.738. The Labute approximate surface area is 121 Å². The number of anilines is 1. The number of rotatable bonds is 2. The van der Waals surface area contributed by atoms with Gasteiger partial charge in [-0.2, -0.15) is 5.10 Å². The molecule has 0 unspecified atom stereocenters. The number of carbonyl (C=O) groups is 1. The Morgan fingerprint density at radius 1 is 1.40 bits per heavy atom. The molecular weight excluding hydrogens is 281 g/mol. The zero-order valence-electron chi connectivity index (χ0n) is 11.4. The lowest BCUT2D eigenvalue weighted by molar-refractivity contribution is 0.102. The van der Waals surface area contributed by atoms with Gasteiger partial charge in [0.15, 0.2) is 11.6 Å². The van der Waals surface area contributed by atoms with Gasteiger partial charge >= 0.3 is 0 Å². The largest absolute Gasteiger partial charge is 0.305 e. The van der Waals surface area contributed by atoms with Crippen LogP contribution in [0.15, 0.2) is 24.3 Å². The quantitative estimate of drug-likeness (QED) is 0.886. The van der Waals surface area contributed by atoms with Gasteiger partial charge in [-0.05, 0) is 12.1 Å². The fraction of sp³-hybridized carbons (Fsp3) is 0.286. The van der Waals surface area contributed by atoms with Gasteiger partial charge in [0.1, 0.15) is 0 Å². The van der Waals surface area contributed by atoms with Crippen LogP contribution in [-0.4, -0.2) is 16.1 Å². The fourth-order valence-corrected chi connectivity index (χ4v) is 1.81. The van der Waals surface area contributed by atoms with E-state index in [0.29, 0.717) is 5.82 Å². The van der Waals surface area contributed by atoms with Gasteiger partial charge in [0.25, 0.3) is 5.91 Å². The lowest BCUT2D eigenvalue weighted by Crippen LogP contribution is -2.14. The lowest BCUT2D eigenvalue weighted by Gasteiger charge is -2.14. The van der Waals surface area contributed by atoms with Crippen molar-refractivity contribution in [3.63, 3.8) is 0 Å². The lowest BCUT2D eigenvalue weighted by atomic mass is 9.92. The maximum Gasteiger partial charge on any atom is 0.259 e. The molecule has 0 bridgehead atoms. The fourth-order valence-electron chi connectivity index (χ4n) is 1.63. The van der Waals surface area contributed by atoms with Crippen LogP contribution in [0.4, 0.5) is 10.2 Å². The van der Waals surface area contributed by atoms with Crippen LogP contribution in [0.5, 0.6) is 0 Å². The van der Waals surface area contributed by atoms with Crippen LogP contribution < -0.4 is 5.32 Å². The molecule has 6 heteroatoms. The van der Waals surface area contributed by atoms with Gasteiger partial charge in [0.2, 0.25) is 0 Å². The zero-order chi connectivity index (χ0) is 14.9. The summed E-state index contributed by atoms with van der Waals surface area (Å²) in [5, 5.41) is 9.28. The average Bonchev–Trinajstić information content (AvgIpc) is 2.81. The third-order valence-corrected chi connectivity index (χ3v) is 3.12. The van der Waals surface area contributed by atoms with E-state index in [4.69, 9.17) is 11.6 Å². The second kappa shape index (κ2) is 5.25. The summed E-state index contributed by atoms with van der Waals surface area (Å²) in [6, 6.07) is 6.00. The molecule has 0 fully saturated rings. The number of nitrogens with zero attached hydrogens (tertiary/aromatic N) is 1. The van der Waals surface area contributed by atoms with Crippen LogP contribution in [-0.2, 0) is 5.41 Å². The SMILES string of the molecule is CC(C)(C)c1cc(NC(=O)c2cccc(Cl)c2F)n[nH]1. The number of hydrogen-bond acceptors (Lipinski definition) is 2. The molecule has 1 aromatic carbocycles. The Morgan fingerprint density at radius 2 is 2.10 bits per heavy atom. The Hall–Kier alpha value is -1.88. The smallest absolute Gasteiger partial charge is 0.259 e. The van der Waals surface area contributed by atoms with Gasteiger partial charge in [0.05, 0.1) is 10.6 Å². The van der Waals surface area contributed by atoms with E-state index in [1.807, 2.05) is 20.8 Å². The number of aromatic amines is 1. The summed E-state index contributed by atoms with van der Waals surface area (Å²) in [6.07, 6.45) is 0. The highest BCUT2D eigenvalue weighted by molar-refractivity contribution is 6.31. The average molecular weight is 296 g/mol. The van der Waals surface area contributed by atoms with Crippen molar-refractivity contribution in [3.8, 4) is 0 Å². The Morgan fingerprint density at radius 3 is 2.70 bits per heavy atom. The van der Waals surface area contributed by atoms with Crippen molar-refractivity contribution >= 4 is 23.3 Å². The van der Waals surface area contributed by atoms with Crippen LogP contribution in [0, 0.1) is 5.82 Å². The van der Waals surface area contributed by atoms with E-state index >= 15 is 0 Å². The topological polar surface area (TPSA) is 57.8 Å². The molecule has 0 atom stereocenters. The first-order valence-electron chi connectivity index (χ1n) is 6.10. The normalized spacial score (nSPS) is 11.4. The van der Waals surface area contributed by atoms with E-state index in [1.165, 1.54) is 18.2 Å². The summed E-state index contributed by atoms with van der Waals surface area (Å²) >= 11 is 5.65. The Kier molecular flexibility index (Phi) is 3.81. The van der Waals surface area contributed by atoms with Crippen LogP contribution in [0.25, 0.3) is 0 Å². The van der Waals surface area contributed by atoms with E-state index < -0.39 is 11.7 Å². The Balaban J connectivity index is 2.20. The number of H-pyrrole nitrogens is 1. The molecule has 0 aliphatic heterocycles. The number of aromatic nitrogens is 2. The zero-order valence-corrected chi connectivity index (χ0v) is 12.2. The van der Waals surface area contributed by atoms with Crippen LogP contribution >= 0.6 is 11.6 Å². The predicted molar refractivity (Wildman–Crippen MR) is 76.7 cm³/mol. The number of carbonyl (C=O) groups excluding carboxylic acids is 1. The van der Waals surface area contributed by atoms with Crippen molar-refractivity contribution in [2.75, 3.05) is 5.32 Å². The molecule has 0 aliphatic carbocycles. The molecule has 0 spiro atoms. The summed E-state index contributed by atoms with van der Waals surface area (Å²) < 4.78 is 13.7. The molecule has 4 nitrogen and oxygen atoms in total. The van der Waals surface area contributed by atoms with Crippen molar-refractivity contribution in [2.45, 2.75) is 26.2 Å². The van der Waals surface area contributed by atoms with Crippen molar-refractivity contribution in [1.29, 1.82) is 0 Å². The van der Waals surface area contributed by atoms with Gasteiger partial charge in [-0.3, -0.25) is 9.89 Å². The molecule has 0 saturated heterocycles. The number of benzene rings is 1. The molecule has 0 saturated carbocycles. The highest BCUT2D eigenvalue weighted by atomic mass is 35.5. The summed E-state index contributed by atoms with van der Waals surface area (Å²) in [4.78, 5) is 12.0. The molecule has 106 valence electrons. The second-order valence-corrected chi connectivity index (χ2v) is 5.88. The molecular formula is C14H15ClFN3O. The second-order valence-electron chi connectivity index (χ2n) is 5.47. The van der Waals surface area contributed by atoms with Crippen molar-refractivity contribution < 1.29 is 9.18 Å². The van der Waals surface area contributed by atoms with E-state index in [1.54, 1.807) is 6.07 Å². The van der Waals surface area contributed by atoms with E-state index in [0.717, 1.165) is 5.69 Å². The molecule has 2 rings (SSSR count). The Bertz CT molecular complexity index is 646. The van der Waals surface area contributed by atoms with E-state index in [9.17, 15) is 9.18 Å². The number of amides is 1. The van der Waals surface area contributed by atoms with Gasteiger partial charge in [0, 0.05) is 17.2 Å². The first kappa shape index (κ1) is 14.5. The molecule has 1 heterocycles. The summed E-state index contributed by atoms with van der Waals surface area (Å²) in [5.74, 6) is -0.977. The third-order valence-electron chi connectivity index (χ3n) is 2.82. The van der Waals surface area contributed by atoms with Gasteiger partial charge in [-0.25, -0.2) is 4.39 Å². The van der Waals surface area contributed by atoms with Crippen molar-refractivity contribution in [1.82, 2.24) is 10.2 Å². The monoisotopic (exact) mass is 295 g/mol. The standard InChI is InChI=1S/C14H15ClFN3O/c1-14(2,3)10-7-11(19-18-10)17-13(20)8-5-4-6-9(15)12(8)16/h4-7H,1-3H3,(H2,17,18,19,20). The van der Waals surface area contributed by atoms with E-state index in [-0.39, 0.29) is 16.0 Å². The number of nitrogens with one attached hydrogen (secondary N) is 2. The minimum absolute atomic E-state index is 0.0879. The summed E-state index contributed by atoms with van der Waals surface area (Å²) in [6.45, 7) is 6.05. The molecule has 2 aromatic rings. The summed E-state index contributed by atoms with van der Waals surface area (Å²) in [5.41, 5.74) is 0.647. The number of hydrogen-bond donors (Lipinski definition) is 2. The predicted octanol–water partition coefficient (Wildman–Crippen LogP) is 3.75. The molecule has 0 radical (unpaired) electrons. The van der Waals surface area contributed by atoms with Gasteiger partial charge in [-0.15, -0.1) is 0 Å².